The molecule has 1 aliphatic heterocycles. The lowest BCUT2D eigenvalue weighted by Crippen LogP contribution is -2.63. The van der Waals surface area contributed by atoms with Gasteiger partial charge in [-0.3, -0.25) is 0 Å². The Morgan fingerprint density at radius 1 is 1.25 bits per heavy atom. The van der Waals surface area contributed by atoms with Gasteiger partial charge in [-0.2, -0.15) is 4.31 Å². The van der Waals surface area contributed by atoms with Gasteiger partial charge in [-0.1, -0.05) is 13.3 Å². The van der Waals surface area contributed by atoms with Gasteiger partial charge in [0.15, 0.2) is 0 Å². The smallest absolute Gasteiger partial charge is 0.243 e. The summed E-state index contributed by atoms with van der Waals surface area (Å²) in [4.78, 5) is 0.236. The van der Waals surface area contributed by atoms with Gasteiger partial charge < -0.3 is 9.84 Å². The molecule has 112 valence electrons. The van der Waals surface area contributed by atoms with Gasteiger partial charge in [0.2, 0.25) is 10.0 Å². The number of aliphatic hydroxyl groups is 1. The molecule has 0 bridgehead atoms. The third kappa shape index (κ3) is 2.97. The first kappa shape index (κ1) is 15.3. The van der Waals surface area contributed by atoms with Gasteiger partial charge in [0.1, 0.15) is 5.75 Å². The number of hydrogen-bond donors (Lipinski definition) is 1. The molecular weight excluding hydrogens is 278 g/mol. The molecule has 1 saturated heterocycles. The van der Waals surface area contributed by atoms with E-state index in [1.165, 1.54) is 16.4 Å². The van der Waals surface area contributed by atoms with Crippen molar-refractivity contribution in [2.75, 3.05) is 19.7 Å². The van der Waals surface area contributed by atoms with Crippen molar-refractivity contribution in [1.29, 1.82) is 0 Å². The van der Waals surface area contributed by atoms with Gasteiger partial charge >= 0.3 is 0 Å². The van der Waals surface area contributed by atoms with Crippen LogP contribution >= 0.6 is 0 Å². The van der Waals surface area contributed by atoms with Crippen LogP contribution in [0, 0.1) is 0 Å². The summed E-state index contributed by atoms with van der Waals surface area (Å²) in [5.74, 6) is 0.651. The molecule has 1 aromatic rings. The molecule has 0 amide bonds. The Bertz CT molecular complexity index is 547. The Hall–Kier alpha value is -1.11. The molecular formula is C14H21NO4S. The van der Waals surface area contributed by atoms with E-state index in [-0.39, 0.29) is 18.0 Å². The Balaban J connectivity index is 2.08. The first-order valence-electron chi connectivity index (χ1n) is 6.87. The molecule has 0 unspecified atom stereocenters. The van der Waals surface area contributed by atoms with Crippen LogP contribution in [0.4, 0.5) is 0 Å². The number of hydrogen-bond acceptors (Lipinski definition) is 4. The number of nitrogens with zero attached hydrogens (tertiary/aromatic N) is 1. The molecule has 0 atom stereocenters. The first-order valence-corrected chi connectivity index (χ1v) is 8.31. The minimum atomic E-state index is -3.51. The van der Waals surface area contributed by atoms with Gasteiger partial charge in [0.05, 0.1) is 17.1 Å². The van der Waals surface area contributed by atoms with Crippen LogP contribution in [0.15, 0.2) is 29.2 Å². The standard InChI is InChI=1S/C14H21NO4S/c1-3-9-14(16)10-15(11-14)20(17,18)13-7-5-12(6-8-13)19-4-2/h5-8,16H,3-4,9-11H2,1-2H3. The lowest BCUT2D eigenvalue weighted by Gasteiger charge is -2.45. The van der Waals surface area contributed by atoms with Crippen LogP contribution in [0.5, 0.6) is 5.75 Å². The maximum absolute atomic E-state index is 12.3. The molecule has 5 nitrogen and oxygen atoms in total. The second kappa shape index (κ2) is 5.71. The third-order valence-electron chi connectivity index (χ3n) is 3.43. The van der Waals surface area contributed by atoms with Crippen molar-refractivity contribution in [2.45, 2.75) is 37.2 Å². The first-order chi connectivity index (χ1) is 9.41. The highest BCUT2D eigenvalue weighted by atomic mass is 32.2. The van der Waals surface area contributed by atoms with Crippen molar-refractivity contribution >= 4 is 10.0 Å². The lowest BCUT2D eigenvalue weighted by atomic mass is 9.92. The van der Waals surface area contributed by atoms with E-state index in [1.54, 1.807) is 12.1 Å². The van der Waals surface area contributed by atoms with Crippen molar-refractivity contribution in [3.63, 3.8) is 0 Å². The Kier molecular flexibility index (Phi) is 4.36. The van der Waals surface area contributed by atoms with Crippen molar-refractivity contribution in [1.82, 2.24) is 4.31 Å². The van der Waals surface area contributed by atoms with Crippen molar-refractivity contribution in [2.24, 2.45) is 0 Å². The molecule has 1 aliphatic rings. The second-order valence-electron chi connectivity index (χ2n) is 5.15. The number of β-amino-alcohol motifs (C(OH)–C–C–N with tert-alkyl or cyclic N) is 1. The molecule has 1 N–H and O–H groups in total. The van der Waals surface area contributed by atoms with E-state index in [0.717, 1.165) is 6.42 Å². The largest absolute Gasteiger partial charge is 0.494 e. The van der Waals surface area contributed by atoms with E-state index in [2.05, 4.69) is 0 Å². The van der Waals surface area contributed by atoms with Crippen LogP contribution in [-0.2, 0) is 10.0 Å². The highest BCUT2D eigenvalue weighted by Gasteiger charge is 2.46. The second-order valence-corrected chi connectivity index (χ2v) is 7.09. The van der Waals surface area contributed by atoms with Gasteiger partial charge in [-0.25, -0.2) is 8.42 Å². The predicted octanol–water partition coefficient (Wildman–Crippen LogP) is 1.62. The quantitative estimate of drug-likeness (QED) is 0.867. The van der Waals surface area contributed by atoms with E-state index < -0.39 is 15.6 Å². The molecule has 1 aromatic carbocycles. The summed E-state index contributed by atoms with van der Waals surface area (Å²) >= 11 is 0. The summed E-state index contributed by atoms with van der Waals surface area (Å²) in [7, 11) is -3.51. The Morgan fingerprint density at radius 2 is 1.85 bits per heavy atom. The van der Waals surface area contributed by atoms with E-state index in [0.29, 0.717) is 18.8 Å². The highest BCUT2D eigenvalue weighted by molar-refractivity contribution is 7.89. The Labute approximate surface area is 120 Å². The van der Waals surface area contributed by atoms with Gasteiger partial charge in [-0.15, -0.1) is 0 Å². The summed E-state index contributed by atoms with van der Waals surface area (Å²) < 4.78 is 31.3. The highest BCUT2D eigenvalue weighted by Crippen LogP contribution is 2.31. The SMILES string of the molecule is CCCC1(O)CN(S(=O)(=O)c2ccc(OCC)cc2)C1. The van der Waals surface area contributed by atoms with Crippen LogP contribution in [0.2, 0.25) is 0 Å². The van der Waals surface area contributed by atoms with E-state index in [9.17, 15) is 13.5 Å². The summed E-state index contributed by atoms with van der Waals surface area (Å²) in [6, 6.07) is 6.37. The minimum Gasteiger partial charge on any atom is -0.494 e. The maximum atomic E-state index is 12.3. The van der Waals surface area contributed by atoms with Crippen LogP contribution in [0.1, 0.15) is 26.7 Å². The van der Waals surface area contributed by atoms with Crippen molar-refractivity contribution in [3.05, 3.63) is 24.3 Å². The molecule has 0 aliphatic carbocycles. The van der Waals surface area contributed by atoms with Crippen LogP contribution in [0.3, 0.4) is 0 Å². The minimum absolute atomic E-state index is 0.177. The fourth-order valence-corrected chi connectivity index (χ4v) is 4.03. The van der Waals surface area contributed by atoms with Crippen molar-refractivity contribution in [3.8, 4) is 5.75 Å². The third-order valence-corrected chi connectivity index (χ3v) is 5.24. The molecule has 2 rings (SSSR count). The molecule has 0 spiro atoms. The fraction of sp³-hybridized carbons (Fsp3) is 0.571. The summed E-state index contributed by atoms with van der Waals surface area (Å²) in [5, 5.41) is 10.1. The molecule has 1 heterocycles. The van der Waals surface area contributed by atoms with Crippen LogP contribution in [0.25, 0.3) is 0 Å². The van der Waals surface area contributed by atoms with Gasteiger partial charge in [-0.05, 0) is 37.6 Å². The average Bonchev–Trinajstić information content (AvgIpc) is 2.37. The molecule has 0 saturated carbocycles. The van der Waals surface area contributed by atoms with Gasteiger partial charge in [0.25, 0.3) is 0 Å². The van der Waals surface area contributed by atoms with Gasteiger partial charge in [0, 0.05) is 13.1 Å². The topological polar surface area (TPSA) is 66.8 Å². The lowest BCUT2D eigenvalue weighted by molar-refractivity contribution is -0.0653. The molecule has 20 heavy (non-hydrogen) atoms. The fourth-order valence-electron chi connectivity index (χ4n) is 2.43. The molecule has 6 heteroatoms. The normalized spacial score (nSPS) is 18.6. The number of benzene rings is 1. The van der Waals surface area contributed by atoms with Crippen LogP contribution in [-0.4, -0.2) is 43.1 Å². The predicted molar refractivity (Wildman–Crippen MR) is 76.2 cm³/mol. The van der Waals surface area contributed by atoms with E-state index in [4.69, 9.17) is 4.74 Å². The number of sulfonamides is 1. The zero-order chi connectivity index (χ0) is 14.8. The van der Waals surface area contributed by atoms with Crippen molar-refractivity contribution < 1.29 is 18.3 Å². The number of rotatable bonds is 6. The summed E-state index contributed by atoms with van der Waals surface area (Å²) in [6.07, 6.45) is 1.47. The summed E-state index contributed by atoms with van der Waals surface area (Å²) in [5.41, 5.74) is -0.854. The van der Waals surface area contributed by atoms with E-state index >= 15 is 0 Å². The number of ether oxygens (including phenoxy) is 1. The molecule has 0 radical (unpaired) electrons. The zero-order valence-electron chi connectivity index (χ0n) is 11.9. The zero-order valence-corrected chi connectivity index (χ0v) is 12.7. The van der Waals surface area contributed by atoms with E-state index in [1.807, 2.05) is 13.8 Å². The Morgan fingerprint density at radius 3 is 2.35 bits per heavy atom. The maximum Gasteiger partial charge on any atom is 0.243 e. The monoisotopic (exact) mass is 299 g/mol. The molecule has 1 fully saturated rings. The average molecular weight is 299 g/mol. The van der Waals surface area contributed by atoms with Crippen LogP contribution < -0.4 is 4.74 Å². The molecule has 0 aromatic heterocycles. The summed E-state index contributed by atoms with van der Waals surface area (Å²) in [6.45, 7) is 4.75.